The number of ether oxygens (including phenoxy) is 1. The first-order chi connectivity index (χ1) is 5.16. The zero-order chi connectivity index (χ0) is 8.43. The van der Waals surface area contributed by atoms with Gasteiger partial charge in [0.15, 0.2) is 0 Å². The lowest BCUT2D eigenvalue weighted by atomic mass is 10.1. The summed E-state index contributed by atoms with van der Waals surface area (Å²) in [4.78, 5) is 23.3. The van der Waals surface area contributed by atoms with Crippen molar-refractivity contribution in [2.75, 3.05) is 13.8 Å². The molecule has 1 fully saturated rings. The van der Waals surface area contributed by atoms with E-state index in [1.165, 1.54) is 7.11 Å². The van der Waals surface area contributed by atoms with Crippen LogP contribution in [0.4, 0.5) is 0 Å². The summed E-state index contributed by atoms with van der Waals surface area (Å²) in [5.41, 5.74) is 0. The van der Waals surface area contributed by atoms with Crippen LogP contribution in [-0.2, 0) is 14.3 Å². The largest absolute Gasteiger partial charge is 0.364 e. The maximum Gasteiger partial charge on any atom is 0.234 e. The second-order valence-corrected chi connectivity index (χ2v) is 2.68. The predicted octanol–water partition coefficient (Wildman–Crippen LogP) is -0.0147. The minimum Gasteiger partial charge on any atom is -0.364 e. The summed E-state index contributed by atoms with van der Waals surface area (Å²) in [6.07, 6.45) is 0.322. The van der Waals surface area contributed by atoms with E-state index in [9.17, 15) is 9.59 Å². The quantitative estimate of drug-likeness (QED) is 0.529. The first kappa shape index (κ1) is 8.20. The Labute approximate surface area is 65.1 Å². The molecule has 1 aliphatic rings. The van der Waals surface area contributed by atoms with Gasteiger partial charge in [0.05, 0.1) is 0 Å². The Kier molecular flexibility index (Phi) is 2.24. The third-order valence-electron chi connectivity index (χ3n) is 1.73. The van der Waals surface area contributed by atoms with Crippen molar-refractivity contribution >= 4 is 11.8 Å². The van der Waals surface area contributed by atoms with Crippen LogP contribution in [0.15, 0.2) is 0 Å². The number of nitrogens with zero attached hydrogens (tertiary/aromatic N) is 1. The van der Waals surface area contributed by atoms with Crippen molar-refractivity contribution in [1.82, 2.24) is 4.90 Å². The van der Waals surface area contributed by atoms with E-state index < -0.39 is 0 Å². The molecule has 0 aromatic carbocycles. The molecule has 62 valence electrons. The van der Waals surface area contributed by atoms with Gasteiger partial charge < -0.3 is 4.74 Å². The number of methoxy groups -OCH3 is 1. The lowest BCUT2D eigenvalue weighted by molar-refractivity contribution is -0.144. The van der Waals surface area contributed by atoms with E-state index in [0.717, 1.165) is 4.90 Å². The molecule has 4 nitrogen and oxygen atoms in total. The van der Waals surface area contributed by atoms with Crippen LogP contribution in [0, 0.1) is 5.92 Å². The van der Waals surface area contributed by atoms with Crippen LogP contribution in [-0.4, -0.2) is 30.6 Å². The lowest BCUT2D eigenvalue weighted by Gasteiger charge is -2.11. The van der Waals surface area contributed by atoms with Crippen molar-refractivity contribution in [2.45, 2.75) is 13.3 Å². The fourth-order valence-electron chi connectivity index (χ4n) is 1.11. The number of carbonyl (C=O) groups is 2. The summed E-state index contributed by atoms with van der Waals surface area (Å²) in [6.45, 7) is 1.83. The molecule has 0 aromatic heterocycles. The molecule has 1 heterocycles. The van der Waals surface area contributed by atoms with Crippen molar-refractivity contribution in [3.8, 4) is 0 Å². The second kappa shape index (κ2) is 3.00. The van der Waals surface area contributed by atoms with Gasteiger partial charge in [-0.05, 0) is 0 Å². The molecule has 11 heavy (non-hydrogen) atoms. The highest BCUT2D eigenvalue weighted by Crippen LogP contribution is 2.17. The Hall–Kier alpha value is -0.900. The van der Waals surface area contributed by atoms with E-state index in [1.807, 2.05) is 0 Å². The van der Waals surface area contributed by atoms with Crippen molar-refractivity contribution in [3.63, 3.8) is 0 Å². The van der Waals surface area contributed by atoms with E-state index in [1.54, 1.807) is 6.92 Å². The van der Waals surface area contributed by atoms with Crippen molar-refractivity contribution in [2.24, 2.45) is 5.92 Å². The minimum absolute atomic E-state index is 0.0853. The van der Waals surface area contributed by atoms with E-state index in [4.69, 9.17) is 4.74 Å². The lowest BCUT2D eigenvalue weighted by Crippen LogP contribution is -2.31. The van der Waals surface area contributed by atoms with Gasteiger partial charge in [-0.15, -0.1) is 0 Å². The Balaban J connectivity index is 2.64. The van der Waals surface area contributed by atoms with Crippen LogP contribution in [0.25, 0.3) is 0 Å². The molecule has 0 spiro atoms. The average Bonchev–Trinajstić information content (AvgIpc) is 2.17. The molecule has 1 unspecified atom stereocenters. The summed E-state index contributed by atoms with van der Waals surface area (Å²) in [5.74, 6) is -0.432. The molecule has 1 aliphatic heterocycles. The van der Waals surface area contributed by atoms with Crippen molar-refractivity contribution in [1.29, 1.82) is 0 Å². The number of hydrogen-bond acceptors (Lipinski definition) is 3. The number of carbonyl (C=O) groups excluding carboxylic acids is 2. The molecule has 1 rings (SSSR count). The van der Waals surface area contributed by atoms with Crippen molar-refractivity contribution in [3.05, 3.63) is 0 Å². The zero-order valence-electron chi connectivity index (χ0n) is 6.66. The summed E-state index contributed by atoms with van der Waals surface area (Å²) >= 11 is 0. The minimum atomic E-state index is -0.169. The molecular weight excluding hydrogens is 146 g/mol. The van der Waals surface area contributed by atoms with Gasteiger partial charge in [-0.3, -0.25) is 14.5 Å². The van der Waals surface area contributed by atoms with Gasteiger partial charge in [-0.1, -0.05) is 6.92 Å². The number of likely N-dealkylation sites (tertiary alicyclic amines) is 1. The van der Waals surface area contributed by atoms with Gasteiger partial charge in [-0.2, -0.15) is 0 Å². The van der Waals surface area contributed by atoms with Crippen LogP contribution in [0.1, 0.15) is 13.3 Å². The Bertz CT molecular complexity index is 190. The van der Waals surface area contributed by atoms with E-state index in [-0.39, 0.29) is 24.5 Å². The Morgan fingerprint density at radius 3 is 2.64 bits per heavy atom. The zero-order valence-corrected chi connectivity index (χ0v) is 6.66. The van der Waals surface area contributed by atoms with Crippen LogP contribution in [0.3, 0.4) is 0 Å². The van der Waals surface area contributed by atoms with Crippen LogP contribution in [0.2, 0.25) is 0 Å². The molecule has 4 heteroatoms. The highest BCUT2D eigenvalue weighted by molar-refractivity contribution is 6.03. The predicted molar refractivity (Wildman–Crippen MR) is 37.5 cm³/mol. The summed E-state index contributed by atoms with van der Waals surface area (Å²) in [6, 6.07) is 0. The number of hydrogen-bond donors (Lipinski definition) is 0. The topological polar surface area (TPSA) is 46.6 Å². The molecule has 0 N–H and O–H groups in total. The maximum absolute atomic E-state index is 11.1. The third-order valence-corrected chi connectivity index (χ3v) is 1.73. The standard InChI is InChI=1S/C7H11NO3/c1-5-3-6(9)8(4-11-2)7(5)10/h5H,3-4H2,1-2H3. The fourth-order valence-corrected chi connectivity index (χ4v) is 1.11. The molecular formula is C7H11NO3. The highest BCUT2D eigenvalue weighted by Gasteiger charge is 2.35. The molecule has 1 saturated heterocycles. The summed E-state index contributed by atoms with van der Waals surface area (Å²) in [7, 11) is 1.46. The van der Waals surface area contributed by atoms with Gasteiger partial charge in [0.2, 0.25) is 11.8 Å². The fraction of sp³-hybridized carbons (Fsp3) is 0.714. The number of rotatable bonds is 2. The number of amides is 2. The van der Waals surface area contributed by atoms with E-state index in [0.29, 0.717) is 6.42 Å². The first-order valence-electron chi connectivity index (χ1n) is 3.50. The van der Waals surface area contributed by atoms with Crippen LogP contribution >= 0.6 is 0 Å². The van der Waals surface area contributed by atoms with Crippen LogP contribution in [0.5, 0.6) is 0 Å². The summed E-state index contributed by atoms with van der Waals surface area (Å²) in [5, 5.41) is 0. The number of imide groups is 1. The van der Waals surface area contributed by atoms with Gasteiger partial charge in [0, 0.05) is 19.4 Å². The second-order valence-electron chi connectivity index (χ2n) is 2.68. The molecule has 0 bridgehead atoms. The molecule has 1 atom stereocenters. The third kappa shape index (κ3) is 1.40. The molecule has 0 saturated carbocycles. The average molecular weight is 157 g/mol. The van der Waals surface area contributed by atoms with E-state index in [2.05, 4.69) is 0 Å². The van der Waals surface area contributed by atoms with Crippen LogP contribution < -0.4 is 0 Å². The Morgan fingerprint density at radius 2 is 2.27 bits per heavy atom. The maximum atomic E-state index is 11.1. The molecule has 2 amide bonds. The van der Waals surface area contributed by atoms with E-state index >= 15 is 0 Å². The van der Waals surface area contributed by atoms with Gasteiger partial charge in [-0.25, -0.2) is 0 Å². The smallest absolute Gasteiger partial charge is 0.234 e. The first-order valence-corrected chi connectivity index (χ1v) is 3.50. The molecule has 0 aromatic rings. The summed E-state index contributed by atoms with van der Waals surface area (Å²) < 4.78 is 4.70. The highest BCUT2D eigenvalue weighted by atomic mass is 16.5. The van der Waals surface area contributed by atoms with Gasteiger partial charge >= 0.3 is 0 Å². The Morgan fingerprint density at radius 1 is 1.64 bits per heavy atom. The monoisotopic (exact) mass is 157 g/mol. The molecule has 0 aliphatic carbocycles. The molecule has 0 radical (unpaired) electrons. The SMILES string of the molecule is COCN1C(=O)CC(C)C1=O. The van der Waals surface area contributed by atoms with Crippen molar-refractivity contribution < 1.29 is 14.3 Å². The van der Waals surface area contributed by atoms with Gasteiger partial charge in [0.1, 0.15) is 6.73 Å². The van der Waals surface area contributed by atoms with Gasteiger partial charge in [0.25, 0.3) is 0 Å². The normalized spacial score (nSPS) is 24.9.